The summed E-state index contributed by atoms with van der Waals surface area (Å²) in [4.78, 5) is 0. The fraction of sp³-hybridized carbons (Fsp3) is 0.400. The lowest BCUT2D eigenvalue weighted by Gasteiger charge is -2.23. The van der Waals surface area contributed by atoms with Crippen LogP contribution in [0.5, 0.6) is 5.75 Å². The molecule has 1 atom stereocenters. The lowest BCUT2D eigenvalue weighted by molar-refractivity contribution is 0.155. The van der Waals surface area contributed by atoms with Crippen LogP contribution >= 0.6 is 0 Å². The number of aliphatic hydroxyl groups is 1. The molecule has 1 heterocycles. The molecule has 4 nitrogen and oxygen atoms in total. The van der Waals surface area contributed by atoms with Gasteiger partial charge in [0.05, 0.1) is 12.3 Å². The van der Waals surface area contributed by atoms with E-state index in [0.29, 0.717) is 6.61 Å². The maximum Gasteiger partial charge on any atom is 0.123 e. The van der Waals surface area contributed by atoms with Crippen LogP contribution in [0.15, 0.2) is 30.6 Å². The zero-order valence-electron chi connectivity index (χ0n) is 11.0. The van der Waals surface area contributed by atoms with Gasteiger partial charge in [-0.05, 0) is 36.5 Å². The summed E-state index contributed by atoms with van der Waals surface area (Å²) in [5.41, 5.74) is 3.23. The van der Waals surface area contributed by atoms with Gasteiger partial charge in [-0.2, -0.15) is 5.10 Å². The molecule has 0 bridgehead atoms. The van der Waals surface area contributed by atoms with E-state index in [-0.39, 0.29) is 6.10 Å². The van der Waals surface area contributed by atoms with Crippen LogP contribution in [0.1, 0.15) is 35.6 Å². The van der Waals surface area contributed by atoms with Gasteiger partial charge in [0.1, 0.15) is 12.4 Å². The molecule has 1 N–H and O–H groups in total. The van der Waals surface area contributed by atoms with Crippen molar-refractivity contribution < 1.29 is 9.84 Å². The molecule has 0 fully saturated rings. The summed E-state index contributed by atoms with van der Waals surface area (Å²) in [6, 6.07) is 5.93. The third-order valence-electron chi connectivity index (χ3n) is 3.59. The molecule has 1 aliphatic carbocycles. The number of nitrogens with zero attached hydrogens (tertiary/aromatic N) is 2. The zero-order valence-corrected chi connectivity index (χ0v) is 11.0. The van der Waals surface area contributed by atoms with E-state index in [1.54, 1.807) is 4.68 Å². The molecule has 1 unspecified atom stereocenters. The molecule has 0 aliphatic heterocycles. The van der Waals surface area contributed by atoms with Crippen molar-refractivity contribution in [2.45, 2.75) is 32.0 Å². The van der Waals surface area contributed by atoms with Crippen LogP contribution in [-0.4, -0.2) is 14.9 Å². The van der Waals surface area contributed by atoms with Crippen molar-refractivity contribution in [3.05, 3.63) is 47.3 Å². The smallest absolute Gasteiger partial charge is 0.123 e. The van der Waals surface area contributed by atoms with Gasteiger partial charge < -0.3 is 9.84 Å². The lowest BCUT2D eigenvalue weighted by atomic mass is 9.89. The second-order valence-electron chi connectivity index (χ2n) is 5.04. The molecule has 1 aliphatic rings. The number of hydrogen-bond donors (Lipinski definition) is 1. The molecule has 0 spiro atoms. The highest BCUT2D eigenvalue weighted by Crippen LogP contribution is 2.35. The fourth-order valence-corrected chi connectivity index (χ4v) is 2.63. The molecule has 19 heavy (non-hydrogen) atoms. The molecule has 1 aromatic heterocycles. The second-order valence-corrected chi connectivity index (χ2v) is 5.04. The van der Waals surface area contributed by atoms with E-state index in [2.05, 4.69) is 5.10 Å². The SMILES string of the molecule is Cn1cc(COc2cccc3c2CCCC3O)cn1. The van der Waals surface area contributed by atoms with E-state index in [0.717, 1.165) is 41.7 Å². The van der Waals surface area contributed by atoms with E-state index in [9.17, 15) is 5.11 Å². The first-order valence-corrected chi connectivity index (χ1v) is 6.64. The Hall–Kier alpha value is -1.81. The first-order chi connectivity index (χ1) is 9.24. The number of aryl methyl sites for hydroxylation is 1. The van der Waals surface area contributed by atoms with E-state index in [1.807, 2.05) is 37.6 Å². The highest BCUT2D eigenvalue weighted by atomic mass is 16.5. The second kappa shape index (κ2) is 5.05. The summed E-state index contributed by atoms with van der Waals surface area (Å²) < 4.78 is 7.65. The Morgan fingerprint density at radius 3 is 3.16 bits per heavy atom. The maximum atomic E-state index is 10.0. The molecular weight excluding hydrogens is 240 g/mol. The Kier molecular flexibility index (Phi) is 3.25. The number of benzene rings is 1. The lowest BCUT2D eigenvalue weighted by Crippen LogP contribution is -2.11. The number of aliphatic hydroxyl groups excluding tert-OH is 1. The van der Waals surface area contributed by atoms with Gasteiger partial charge in [-0.3, -0.25) is 4.68 Å². The number of rotatable bonds is 3. The predicted molar refractivity (Wildman–Crippen MR) is 71.9 cm³/mol. The molecule has 0 saturated heterocycles. The minimum Gasteiger partial charge on any atom is -0.488 e. The highest BCUT2D eigenvalue weighted by molar-refractivity contribution is 5.42. The Morgan fingerprint density at radius 1 is 1.47 bits per heavy atom. The quantitative estimate of drug-likeness (QED) is 0.919. The highest BCUT2D eigenvalue weighted by Gasteiger charge is 2.20. The molecule has 0 radical (unpaired) electrons. The van der Waals surface area contributed by atoms with Crippen LogP contribution in [0, 0.1) is 0 Å². The molecule has 0 saturated carbocycles. The number of ether oxygens (including phenoxy) is 1. The van der Waals surface area contributed by atoms with Gasteiger partial charge in [0.2, 0.25) is 0 Å². The predicted octanol–water partition coefficient (Wildman–Crippen LogP) is 2.37. The standard InChI is InChI=1S/C15H18N2O2/c1-17-9-11(8-16-17)10-19-15-7-3-4-12-13(15)5-2-6-14(12)18/h3-4,7-9,14,18H,2,5-6,10H2,1H3. The van der Waals surface area contributed by atoms with Gasteiger partial charge >= 0.3 is 0 Å². The summed E-state index contributed by atoms with van der Waals surface area (Å²) in [7, 11) is 1.89. The number of fused-ring (bicyclic) bond motifs is 1. The maximum absolute atomic E-state index is 10.0. The van der Waals surface area contributed by atoms with Gasteiger partial charge in [-0.25, -0.2) is 0 Å². The monoisotopic (exact) mass is 258 g/mol. The fourth-order valence-electron chi connectivity index (χ4n) is 2.63. The van der Waals surface area contributed by atoms with Gasteiger partial charge in [-0.1, -0.05) is 12.1 Å². The van der Waals surface area contributed by atoms with Gasteiger partial charge in [0.25, 0.3) is 0 Å². The average Bonchev–Trinajstić information content (AvgIpc) is 2.83. The van der Waals surface area contributed by atoms with Crippen molar-refractivity contribution in [1.29, 1.82) is 0 Å². The van der Waals surface area contributed by atoms with Crippen molar-refractivity contribution in [3.8, 4) is 5.75 Å². The first kappa shape index (κ1) is 12.2. The summed E-state index contributed by atoms with van der Waals surface area (Å²) in [5.74, 6) is 0.889. The van der Waals surface area contributed by atoms with Gasteiger partial charge in [0.15, 0.2) is 0 Å². The Labute approximate surface area is 112 Å². The first-order valence-electron chi connectivity index (χ1n) is 6.64. The minimum absolute atomic E-state index is 0.342. The Morgan fingerprint density at radius 2 is 2.37 bits per heavy atom. The third kappa shape index (κ3) is 2.49. The minimum atomic E-state index is -0.342. The van der Waals surface area contributed by atoms with E-state index < -0.39 is 0 Å². The summed E-state index contributed by atoms with van der Waals surface area (Å²) in [6.45, 7) is 0.514. The van der Waals surface area contributed by atoms with E-state index in [4.69, 9.17) is 4.74 Å². The summed E-state index contributed by atoms with van der Waals surface area (Å²) in [6.07, 6.45) is 6.26. The van der Waals surface area contributed by atoms with Crippen LogP contribution in [-0.2, 0) is 20.1 Å². The van der Waals surface area contributed by atoms with Gasteiger partial charge in [0, 0.05) is 18.8 Å². The topological polar surface area (TPSA) is 47.3 Å². The number of aromatic nitrogens is 2. The summed E-state index contributed by atoms with van der Waals surface area (Å²) in [5, 5.41) is 14.1. The molecule has 4 heteroatoms. The molecule has 1 aromatic carbocycles. The molecular formula is C15H18N2O2. The summed E-state index contributed by atoms with van der Waals surface area (Å²) >= 11 is 0. The van der Waals surface area contributed by atoms with Gasteiger partial charge in [-0.15, -0.1) is 0 Å². The van der Waals surface area contributed by atoms with Crippen LogP contribution in [0.2, 0.25) is 0 Å². The van der Waals surface area contributed by atoms with E-state index >= 15 is 0 Å². The molecule has 0 amide bonds. The Balaban J connectivity index is 1.79. The van der Waals surface area contributed by atoms with Crippen LogP contribution in [0.25, 0.3) is 0 Å². The average molecular weight is 258 g/mol. The number of hydrogen-bond acceptors (Lipinski definition) is 3. The molecule has 3 rings (SSSR count). The van der Waals surface area contributed by atoms with Crippen molar-refractivity contribution in [3.63, 3.8) is 0 Å². The van der Waals surface area contributed by atoms with Crippen molar-refractivity contribution in [2.24, 2.45) is 7.05 Å². The van der Waals surface area contributed by atoms with Crippen LogP contribution in [0.4, 0.5) is 0 Å². The third-order valence-corrected chi connectivity index (χ3v) is 3.59. The van der Waals surface area contributed by atoms with Crippen molar-refractivity contribution in [2.75, 3.05) is 0 Å². The van der Waals surface area contributed by atoms with Crippen LogP contribution < -0.4 is 4.74 Å². The van der Waals surface area contributed by atoms with Crippen molar-refractivity contribution in [1.82, 2.24) is 9.78 Å². The largest absolute Gasteiger partial charge is 0.488 e. The van der Waals surface area contributed by atoms with Crippen LogP contribution in [0.3, 0.4) is 0 Å². The Bertz CT molecular complexity index is 577. The van der Waals surface area contributed by atoms with Crippen molar-refractivity contribution >= 4 is 0 Å². The van der Waals surface area contributed by atoms with E-state index in [1.165, 1.54) is 0 Å². The zero-order chi connectivity index (χ0) is 13.2. The normalized spacial score (nSPS) is 18.1. The molecule has 2 aromatic rings. The molecule has 100 valence electrons.